The Hall–Kier alpha value is -4.49. The molecule has 0 aliphatic carbocycles. The summed E-state index contributed by atoms with van der Waals surface area (Å²) in [6.45, 7) is 0. The van der Waals surface area contributed by atoms with Gasteiger partial charge in [-0.1, -0.05) is 23.7 Å². The van der Waals surface area contributed by atoms with E-state index in [9.17, 15) is 9.59 Å². The smallest absolute Gasteiger partial charge is 0.323 e. The number of hydrogen-bond acceptors (Lipinski definition) is 3. The number of fused-ring (bicyclic) bond motifs is 1. The number of hydrogen-bond donors (Lipinski definition) is 5. The minimum atomic E-state index is -0.360. The predicted molar refractivity (Wildman–Crippen MR) is 138 cm³/mol. The number of aromatic nitrogens is 1. The lowest BCUT2D eigenvalue weighted by atomic mass is 10.1. The standard InChI is InChI=1S/C26H20ClN5O2/c27-16-6-8-17(9-7-16)30-26(34)31-20-4-1-3-19(13-20)29-21-10-11-22-23(14-18-5-2-12-28-18)25(33)32-24(22)15-21/h1-15,28-29H,(H,32,33)(H2,30,31,34). The van der Waals surface area contributed by atoms with Gasteiger partial charge in [-0.2, -0.15) is 0 Å². The van der Waals surface area contributed by atoms with Crippen molar-refractivity contribution in [3.63, 3.8) is 0 Å². The highest BCUT2D eigenvalue weighted by Crippen LogP contribution is 2.35. The first-order chi connectivity index (χ1) is 16.5. The van der Waals surface area contributed by atoms with Gasteiger partial charge in [0.25, 0.3) is 5.91 Å². The normalized spacial score (nSPS) is 13.3. The third-order valence-electron chi connectivity index (χ3n) is 5.24. The lowest BCUT2D eigenvalue weighted by Gasteiger charge is -2.11. The van der Waals surface area contributed by atoms with Gasteiger partial charge in [0.2, 0.25) is 0 Å². The zero-order valence-corrected chi connectivity index (χ0v) is 18.6. The zero-order chi connectivity index (χ0) is 23.5. The van der Waals surface area contributed by atoms with Crippen molar-refractivity contribution in [1.29, 1.82) is 0 Å². The molecule has 0 radical (unpaired) electrons. The molecule has 0 saturated heterocycles. The van der Waals surface area contributed by atoms with Crippen LogP contribution in [0.3, 0.4) is 0 Å². The van der Waals surface area contributed by atoms with E-state index in [1.54, 1.807) is 30.3 Å². The monoisotopic (exact) mass is 469 g/mol. The second kappa shape index (κ2) is 9.17. The van der Waals surface area contributed by atoms with E-state index in [0.717, 1.165) is 28.3 Å². The Bertz CT molecular complexity index is 1400. The number of halogens is 1. The minimum absolute atomic E-state index is 0.139. The summed E-state index contributed by atoms with van der Waals surface area (Å²) < 4.78 is 0. The SMILES string of the molecule is O=C(Nc1ccc(Cl)cc1)Nc1cccc(Nc2ccc3c(c2)NC(=O)C3=Cc2ccc[nH]2)c1. The summed E-state index contributed by atoms with van der Waals surface area (Å²) in [6.07, 6.45) is 3.65. The molecule has 1 aliphatic rings. The average Bonchev–Trinajstić information content (AvgIpc) is 3.43. The van der Waals surface area contributed by atoms with Crippen molar-refractivity contribution < 1.29 is 9.59 Å². The fraction of sp³-hybridized carbons (Fsp3) is 0. The van der Waals surface area contributed by atoms with Crippen LogP contribution in [0.2, 0.25) is 5.02 Å². The van der Waals surface area contributed by atoms with Gasteiger partial charge in [0.15, 0.2) is 0 Å². The van der Waals surface area contributed by atoms with E-state index in [2.05, 4.69) is 26.3 Å². The van der Waals surface area contributed by atoms with E-state index in [4.69, 9.17) is 11.6 Å². The molecule has 1 aromatic heterocycles. The molecule has 168 valence electrons. The highest BCUT2D eigenvalue weighted by atomic mass is 35.5. The molecule has 0 saturated carbocycles. The number of rotatable bonds is 5. The first-order valence-corrected chi connectivity index (χ1v) is 10.9. The molecule has 5 N–H and O–H groups in total. The summed E-state index contributed by atoms with van der Waals surface area (Å²) in [5, 5.41) is 12.4. The maximum absolute atomic E-state index is 12.5. The van der Waals surface area contributed by atoms with Crippen molar-refractivity contribution in [3.05, 3.63) is 101 Å². The van der Waals surface area contributed by atoms with Gasteiger partial charge in [-0.05, 0) is 72.8 Å². The molecule has 8 heteroatoms. The van der Waals surface area contributed by atoms with Crippen LogP contribution in [0.15, 0.2) is 85.1 Å². The van der Waals surface area contributed by atoms with E-state index in [0.29, 0.717) is 22.0 Å². The Kier molecular flexibility index (Phi) is 5.76. The second-order valence-electron chi connectivity index (χ2n) is 7.69. The Morgan fingerprint density at radius 2 is 1.56 bits per heavy atom. The van der Waals surface area contributed by atoms with Crippen molar-refractivity contribution in [1.82, 2.24) is 4.98 Å². The van der Waals surface area contributed by atoms with Crippen LogP contribution in [0.5, 0.6) is 0 Å². The van der Waals surface area contributed by atoms with Gasteiger partial charge < -0.3 is 26.3 Å². The highest BCUT2D eigenvalue weighted by molar-refractivity contribution is 6.35. The van der Waals surface area contributed by atoms with E-state index >= 15 is 0 Å². The van der Waals surface area contributed by atoms with Crippen LogP contribution < -0.4 is 21.3 Å². The van der Waals surface area contributed by atoms with Crippen molar-refractivity contribution in [2.75, 3.05) is 21.3 Å². The van der Waals surface area contributed by atoms with Gasteiger partial charge in [-0.25, -0.2) is 4.79 Å². The molecule has 34 heavy (non-hydrogen) atoms. The second-order valence-corrected chi connectivity index (χ2v) is 8.13. The first kappa shape index (κ1) is 21.4. The molecule has 1 aliphatic heterocycles. The maximum Gasteiger partial charge on any atom is 0.323 e. The topological polar surface area (TPSA) is 98.0 Å². The number of urea groups is 1. The molecule has 0 unspecified atom stereocenters. The molecule has 0 atom stereocenters. The Labute approximate surface area is 200 Å². The number of H-pyrrole nitrogens is 1. The Morgan fingerprint density at radius 3 is 2.35 bits per heavy atom. The number of benzene rings is 3. The molecule has 0 bridgehead atoms. The van der Waals surface area contributed by atoms with Crippen LogP contribution in [0, 0.1) is 0 Å². The van der Waals surface area contributed by atoms with Gasteiger partial charge >= 0.3 is 6.03 Å². The molecule has 7 nitrogen and oxygen atoms in total. The molecule has 4 aromatic rings. The summed E-state index contributed by atoms with van der Waals surface area (Å²) in [7, 11) is 0. The number of nitrogens with one attached hydrogen (secondary N) is 5. The average molecular weight is 470 g/mol. The molecule has 5 rings (SSSR count). The summed E-state index contributed by atoms with van der Waals surface area (Å²) in [4.78, 5) is 27.9. The quantitative estimate of drug-likeness (QED) is 0.214. The van der Waals surface area contributed by atoms with E-state index in [1.807, 2.05) is 60.8 Å². The van der Waals surface area contributed by atoms with Crippen molar-refractivity contribution >= 4 is 63.6 Å². The van der Waals surface area contributed by atoms with E-state index in [1.165, 1.54) is 0 Å². The number of amides is 3. The Balaban J connectivity index is 1.28. The zero-order valence-electron chi connectivity index (χ0n) is 17.9. The first-order valence-electron chi connectivity index (χ1n) is 10.5. The molecule has 3 aromatic carbocycles. The van der Waals surface area contributed by atoms with Crippen molar-refractivity contribution in [2.45, 2.75) is 0 Å². The molecule has 0 spiro atoms. The summed E-state index contributed by atoms with van der Waals surface area (Å²) >= 11 is 5.88. The number of carbonyl (C=O) groups is 2. The van der Waals surface area contributed by atoms with Crippen molar-refractivity contribution in [3.8, 4) is 0 Å². The van der Waals surface area contributed by atoms with Crippen LogP contribution >= 0.6 is 11.6 Å². The molecule has 3 amide bonds. The fourth-order valence-corrected chi connectivity index (χ4v) is 3.80. The van der Waals surface area contributed by atoms with Crippen molar-refractivity contribution in [2.24, 2.45) is 0 Å². The number of carbonyl (C=O) groups excluding carboxylic acids is 2. The number of anilines is 5. The number of aromatic amines is 1. The fourth-order valence-electron chi connectivity index (χ4n) is 3.67. The van der Waals surface area contributed by atoms with E-state index in [-0.39, 0.29) is 11.9 Å². The summed E-state index contributed by atoms with van der Waals surface area (Å²) in [6, 6.07) is 23.4. The molecular formula is C26H20ClN5O2. The lowest BCUT2D eigenvalue weighted by Crippen LogP contribution is -2.19. The lowest BCUT2D eigenvalue weighted by molar-refractivity contribution is -0.110. The predicted octanol–water partition coefficient (Wildman–Crippen LogP) is 6.55. The molecule has 2 heterocycles. The summed E-state index contributed by atoms with van der Waals surface area (Å²) in [5.74, 6) is -0.139. The minimum Gasteiger partial charge on any atom is -0.362 e. The van der Waals surface area contributed by atoms with Crippen LogP contribution in [0.25, 0.3) is 11.6 Å². The van der Waals surface area contributed by atoms with Gasteiger partial charge in [-0.3, -0.25) is 4.79 Å². The van der Waals surface area contributed by atoms with Crippen LogP contribution in [0.1, 0.15) is 11.3 Å². The largest absolute Gasteiger partial charge is 0.362 e. The molecule has 0 fully saturated rings. The van der Waals surface area contributed by atoms with Crippen LogP contribution in [0.4, 0.5) is 33.2 Å². The van der Waals surface area contributed by atoms with Gasteiger partial charge in [0.1, 0.15) is 0 Å². The van der Waals surface area contributed by atoms with Gasteiger partial charge in [0, 0.05) is 45.2 Å². The van der Waals surface area contributed by atoms with E-state index < -0.39 is 0 Å². The van der Waals surface area contributed by atoms with Gasteiger partial charge in [-0.15, -0.1) is 0 Å². The third-order valence-corrected chi connectivity index (χ3v) is 5.49. The van der Waals surface area contributed by atoms with Gasteiger partial charge in [0.05, 0.1) is 11.3 Å². The highest BCUT2D eigenvalue weighted by Gasteiger charge is 2.24. The van der Waals surface area contributed by atoms with Crippen LogP contribution in [-0.4, -0.2) is 16.9 Å². The molecular weight excluding hydrogens is 450 g/mol. The van der Waals surface area contributed by atoms with Crippen LogP contribution in [-0.2, 0) is 4.79 Å². The maximum atomic E-state index is 12.5. The third kappa shape index (κ3) is 4.79. The summed E-state index contributed by atoms with van der Waals surface area (Å²) in [5.41, 5.74) is 5.93. The Morgan fingerprint density at radius 1 is 0.824 bits per heavy atom.